The lowest BCUT2D eigenvalue weighted by molar-refractivity contribution is 0.0585. The van der Waals surface area contributed by atoms with E-state index in [1.807, 2.05) is 7.05 Å². The number of aryl methyl sites for hydroxylation is 1. The molecule has 1 heterocycles. The van der Waals surface area contributed by atoms with Gasteiger partial charge < -0.3 is 15.2 Å². The van der Waals surface area contributed by atoms with Crippen molar-refractivity contribution in [2.24, 2.45) is 12.8 Å². The van der Waals surface area contributed by atoms with E-state index in [1.165, 1.54) is 0 Å². The molecule has 14 heavy (non-hydrogen) atoms. The molecule has 1 rings (SSSR count). The van der Waals surface area contributed by atoms with Crippen LogP contribution in [0.3, 0.4) is 0 Å². The minimum atomic E-state index is 0.497. The van der Waals surface area contributed by atoms with Crippen LogP contribution in [0.5, 0.6) is 0 Å². The van der Waals surface area contributed by atoms with Crippen LogP contribution < -0.4 is 5.73 Å². The molecule has 0 amide bonds. The molecule has 1 aromatic rings. The van der Waals surface area contributed by atoms with Gasteiger partial charge in [-0.05, 0) is 0 Å². The summed E-state index contributed by atoms with van der Waals surface area (Å²) in [5.74, 6) is 0. The molecule has 0 atom stereocenters. The molecular formula is C9H17N3O2. The molecule has 0 aliphatic carbocycles. The molecule has 2 N–H and O–H groups in total. The zero-order chi connectivity index (χ0) is 10.4. The lowest BCUT2D eigenvalue weighted by atomic mass is 10.2. The highest BCUT2D eigenvalue weighted by molar-refractivity contribution is 5.16. The number of nitrogens with two attached hydrogens (primary N) is 1. The van der Waals surface area contributed by atoms with E-state index in [0.29, 0.717) is 26.4 Å². The third-order valence-corrected chi connectivity index (χ3v) is 2.04. The number of ether oxygens (including phenoxy) is 2. The lowest BCUT2D eigenvalue weighted by Gasteiger charge is -2.06. The Morgan fingerprint density at radius 1 is 1.50 bits per heavy atom. The number of aromatic nitrogens is 2. The Morgan fingerprint density at radius 2 is 2.29 bits per heavy atom. The van der Waals surface area contributed by atoms with Crippen LogP contribution in [0, 0.1) is 0 Å². The molecule has 0 aliphatic rings. The molecule has 0 aromatic carbocycles. The predicted molar refractivity (Wildman–Crippen MR) is 52.6 cm³/mol. The quantitative estimate of drug-likeness (QED) is 0.657. The minimum Gasteiger partial charge on any atom is -0.382 e. The van der Waals surface area contributed by atoms with Gasteiger partial charge in [-0.3, -0.25) is 4.68 Å². The number of rotatable bonds is 6. The summed E-state index contributed by atoms with van der Waals surface area (Å²) in [6.45, 7) is 2.23. The summed E-state index contributed by atoms with van der Waals surface area (Å²) in [5.41, 5.74) is 7.62. The molecule has 0 aliphatic heterocycles. The van der Waals surface area contributed by atoms with Gasteiger partial charge in [0, 0.05) is 26.3 Å². The van der Waals surface area contributed by atoms with Gasteiger partial charge in [0.25, 0.3) is 0 Å². The maximum absolute atomic E-state index is 5.56. The summed E-state index contributed by atoms with van der Waals surface area (Å²) in [7, 11) is 3.53. The van der Waals surface area contributed by atoms with Crippen molar-refractivity contribution in [2.75, 3.05) is 20.3 Å². The molecular weight excluding hydrogens is 182 g/mol. The highest BCUT2D eigenvalue weighted by atomic mass is 16.5. The van der Waals surface area contributed by atoms with Crippen molar-refractivity contribution in [3.8, 4) is 0 Å². The number of hydrogen-bond acceptors (Lipinski definition) is 4. The zero-order valence-corrected chi connectivity index (χ0v) is 8.69. The van der Waals surface area contributed by atoms with E-state index in [9.17, 15) is 0 Å². The first-order valence-corrected chi connectivity index (χ1v) is 4.56. The molecule has 0 bridgehead atoms. The fourth-order valence-corrected chi connectivity index (χ4v) is 1.18. The number of hydrogen-bond donors (Lipinski definition) is 1. The van der Waals surface area contributed by atoms with Crippen molar-refractivity contribution < 1.29 is 9.47 Å². The van der Waals surface area contributed by atoms with Gasteiger partial charge in [-0.15, -0.1) is 0 Å². The lowest BCUT2D eigenvalue weighted by Crippen LogP contribution is -2.08. The maximum atomic E-state index is 5.56. The Bertz CT molecular complexity index is 273. The summed E-state index contributed by atoms with van der Waals surface area (Å²) < 4.78 is 12.1. The summed E-state index contributed by atoms with van der Waals surface area (Å²) >= 11 is 0. The van der Waals surface area contributed by atoms with Gasteiger partial charge >= 0.3 is 0 Å². The first kappa shape index (κ1) is 11.2. The molecule has 5 nitrogen and oxygen atoms in total. The van der Waals surface area contributed by atoms with Gasteiger partial charge in [-0.2, -0.15) is 5.10 Å². The zero-order valence-electron chi connectivity index (χ0n) is 8.69. The highest BCUT2D eigenvalue weighted by Crippen LogP contribution is 2.07. The Balaban J connectivity index is 2.44. The van der Waals surface area contributed by atoms with Gasteiger partial charge in [0.1, 0.15) is 0 Å². The fraction of sp³-hybridized carbons (Fsp3) is 0.667. The van der Waals surface area contributed by atoms with Crippen LogP contribution in [0.15, 0.2) is 6.20 Å². The molecule has 5 heteroatoms. The van der Waals surface area contributed by atoms with E-state index in [2.05, 4.69) is 5.10 Å². The SMILES string of the molecule is COCCOCc1c(CN)cnn1C. The van der Waals surface area contributed by atoms with Crippen molar-refractivity contribution in [2.45, 2.75) is 13.2 Å². The van der Waals surface area contributed by atoms with E-state index < -0.39 is 0 Å². The smallest absolute Gasteiger partial charge is 0.0889 e. The molecule has 0 radical (unpaired) electrons. The molecule has 0 saturated heterocycles. The van der Waals surface area contributed by atoms with E-state index in [-0.39, 0.29) is 0 Å². The third kappa shape index (κ3) is 2.80. The van der Waals surface area contributed by atoms with Crippen molar-refractivity contribution in [1.82, 2.24) is 9.78 Å². The van der Waals surface area contributed by atoms with Crippen molar-refractivity contribution in [1.29, 1.82) is 0 Å². The van der Waals surface area contributed by atoms with Gasteiger partial charge in [-0.25, -0.2) is 0 Å². The first-order valence-electron chi connectivity index (χ1n) is 4.56. The van der Waals surface area contributed by atoms with Crippen LogP contribution in [0.4, 0.5) is 0 Å². The third-order valence-electron chi connectivity index (χ3n) is 2.04. The molecule has 0 unspecified atom stereocenters. The fourth-order valence-electron chi connectivity index (χ4n) is 1.18. The summed E-state index contributed by atoms with van der Waals surface area (Å²) in [6, 6.07) is 0. The minimum absolute atomic E-state index is 0.497. The predicted octanol–water partition coefficient (Wildman–Crippen LogP) is 0.0418. The molecule has 0 spiro atoms. The van der Waals surface area contributed by atoms with Crippen LogP contribution in [0.1, 0.15) is 11.3 Å². The average Bonchev–Trinajstić information content (AvgIpc) is 2.55. The van der Waals surface area contributed by atoms with Crippen LogP contribution in [0.25, 0.3) is 0 Å². The molecule has 0 fully saturated rings. The van der Waals surface area contributed by atoms with Crippen molar-refractivity contribution >= 4 is 0 Å². The highest BCUT2D eigenvalue weighted by Gasteiger charge is 2.06. The summed E-state index contributed by atoms with van der Waals surface area (Å²) in [6.07, 6.45) is 1.77. The van der Waals surface area contributed by atoms with E-state index >= 15 is 0 Å². The van der Waals surface area contributed by atoms with Gasteiger partial charge in [0.15, 0.2) is 0 Å². The van der Waals surface area contributed by atoms with Gasteiger partial charge in [-0.1, -0.05) is 0 Å². The average molecular weight is 199 g/mol. The summed E-state index contributed by atoms with van der Waals surface area (Å²) in [4.78, 5) is 0. The standard InChI is InChI=1S/C9H17N3O2/c1-12-9(7-14-4-3-13-2)8(5-10)6-11-12/h6H,3-5,7,10H2,1-2H3. The van der Waals surface area contributed by atoms with E-state index in [4.69, 9.17) is 15.2 Å². The van der Waals surface area contributed by atoms with E-state index in [1.54, 1.807) is 18.0 Å². The van der Waals surface area contributed by atoms with Crippen LogP contribution in [-0.4, -0.2) is 30.1 Å². The van der Waals surface area contributed by atoms with Crippen LogP contribution >= 0.6 is 0 Å². The summed E-state index contributed by atoms with van der Waals surface area (Å²) in [5, 5.41) is 4.11. The largest absolute Gasteiger partial charge is 0.382 e. The topological polar surface area (TPSA) is 62.3 Å². The monoisotopic (exact) mass is 199 g/mol. The second-order valence-electron chi connectivity index (χ2n) is 2.99. The number of methoxy groups -OCH3 is 1. The van der Waals surface area contributed by atoms with Gasteiger partial charge in [0.2, 0.25) is 0 Å². The van der Waals surface area contributed by atoms with E-state index in [0.717, 1.165) is 11.3 Å². The molecule has 80 valence electrons. The first-order chi connectivity index (χ1) is 6.79. The Morgan fingerprint density at radius 3 is 2.93 bits per heavy atom. The molecule has 1 aromatic heterocycles. The Labute approximate surface area is 83.8 Å². The second kappa shape index (κ2) is 5.74. The van der Waals surface area contributed by atoms with Crippen LogP contribution in [-0.2, 0) is 29.7 Å². The number of nitrogens with zero attached hydrogens (tertiary/aromatic N) is 2. The van der Waals surface area contributed by atoms with Crippen molar-refractivity contribution in [3.05, 3.63) is 17.5 Å². The normalized spacial score (nSPS) is 10.8. The Hall–Kier alpha value is -0.910. The van der Waals surface area contributed by atoms with Crippen LogP contribution in [0.2, 0.25) is 0 Å². The second-order valence-corrected chi connectivity index (χ2v) is 2.99. The maximum Gasteiger partial charge on any atom is 0.0889 e. The Kier molecular flexibility index (Phi) is 4.58. The molecule has 0 saturated carbocycles. The van der Waals surface area contributed by atoms with Gasteiger partial charge in [0.05, 0.1) is 31.7 Å². The van der Waals surface area contributed by atoms with Crippen molar-refractivity contribution in [3.63, 3.8) is 0 Å².